The van der Waals surface area contributed by atoms with E-state index in [2.05, 4.69) is 4.98 Å². The van der Waals surface area contributed by atoms with Gasteiger partial charge < -0.3 is 10.8 Å². The summed E-state index contributed by atoms with van der Waals surface area (Å²) < 4.78 is 14.0. The van der Waals surface area contributed by atoms with Gasteiger partial charge in [-0.25, -0.2) is 9.37 Å². The molecule has 0 saturated heterocycles. The Kier molecular flexibility index (Phi) is 4.74. The van der Waals surface area contributed by atoms with Crippen molar-refractivity contribution in [2.24, 2.45) is 5.73 Å². The molecular formula is C13H13FN2O2S2. The maximum Gasteiger partial charge on any atom is 0.326 e. The van der Waals surface area contributed by atoms with Gasteiger partial charge in [-0.15, -0.1) is 23.1 Å². The topological polar surface area (TPSA) is 76.2 Å². The van der Waals surface area contributed by atoms with Crippen molar-refractivity contribution in [2.45, 2.75) is 17.9 Å². The van der Waals surface area contributed by atoms with E-state index >= 15 is 0 Å². The highest BCUT2D eigenvalue weighted by Crippen LogP contribution is 2.35. The first-order chi connectivity index (χ1) is 9.54. The average Bonchev–Trinajstić information content (AvgIpc) is 2.87. The molecule has 1 atom stereocenters. The Labute approximate surface area is 123 Å². The lowest BCUT2D eigenvalue weighted by Gasteiger charge is -2.07. The number of rotatable bonds is 5. The van der Waals surface area contributed by atoms with Crippen molar-refractivity contribution in [3.8, 4) is 10.6 Å². The summed E-state index contributed by atoms with van der Waals surface area (Å²) in [6, 6.07) is 3.65. The van der Waals surface area contributed by atoms with Gasteiger partial charge in [-0.05, 0) is 17.9 Å². The summed E-state index contributed by atoms with van der Waals surface area (Å²) in [5, 5.41) is 10.9. The van der Waals surface area contributed by atoms with E-state index in [0.717, 1.165) is 10.6 Å². The standard InChI is InChI=1S/C13H13FN2O2S2/c1-2-19-9-5-3-4-7(14)10(9)12-16-8(6-20-12)11(15)13(17)18/h3-6,11H,2,15H2,1H3,(H,17,18). The molecule has 0 fully saturated rings. The summed E-state index contributed by atoms with van der Waals surface area (Å²) in [5.74, 6) is -0.713. The maximum atomic E-state index is 14.0. The first-order valence-electron chi connectivity index (χ1n) is 5.90. The van der Waals surface area contributed by atoms with Crippen LogP contribution in [-0.4, -0.2) is 21.8 Å². The predicted molar refractivity (Wildman–Crippen MR) is 78.5 cm³/mol. The number of aliphatic carboxylic acids is 1. The van der Waals surface area contributed by atoms with Crippen molar-refractivity contribution in [2.75, 3.05) is 5.75 Å². The zero-order valence-electron chi connectivity index (χ0n) is 10.7. The molecule has 1 unspecified atom stereocenters. The second-order valence-electron chi connectivity index (χ2n) is 3.94. The van der Waals surface area contributed by atoms with Gasteiger partial charge in [0.25, 0.3) is 0 Å². The number of carboxylic acid groups (broad SMARTS) is 1. The van der Waals surface area contributed by atoms with Gasteiger partial charge in [-0.2, -0.15) is 0 Å². The van der Waals surface area contributed by atoms with Crippen LogP contribution in [0.2, 0.25) is 0 Å². The molecule has 2 rings (SSSR count). The van der Waals surface area contributed by atoms with Gasteiger partial charge in [0.15, 0.2) is 0 Å². The van der Waals surface area contributed by atoms with Crippen LogP contribution < -0.4 is 5.73 Å². The third-order valence-electron chi connectivity index (χ3n) is 2.60. The maximum absolute atomic E-state index is 14.0. The Hall–Kier alpha value is -1.44. The van der Waals surface area contributed by atoms with Gasteiger partial charge in [-0.3, -0.25) is 4.79 Å². The highest BCUT2D eigenvalue weighted by atomic mass is 32.2. The minimum absolute atomic E-state index is 0.244. The van der Waals surface area contributed by atoms with Crippen molar-refractivity contribution in [1.29, 1.82) is 0 Å². The highest BCUT2D eigenvalue weighted by Gasteiger charge is 2.20. The van der Waals surface area contributed by atoms with Crippen LogP contribution in [-0.2, 0) is 4.79 Å². The third-order valence-corrected chi connectivity index (χ3v) is 4.41. The van der Waals surface area contributed by atoms with Crippen LogP contribution in [0.1, 0.15) is 18.7 Å². The summed E-state index contributed by atoms with van der Waals surface area (Å²) in [6.45, 7) is 1.98. The molecule has 0 aliphatic carbocycles. The van der Waals surface area contributed by atoms with Crippen molar-refractivity contribution >= 4 is 29.1 Å². The molecule has 20 heavy (non-hydrogen) atoms. The van der Waals surface area contributed by atoms with Crippen molar-refractivity contribution in [3.05, 3.63) is 35.1 Å². The SMILES string of the molecule is CCSc1cccc(F)c1-c1nc(C(N)C(=O)O)cs1. The first kappa shape index (κ1) is 15.0. The number of thiazole rings is 1. The van der Waals surface area contributed by atoms with Gasteiger partial charge in [0.2, 0.25) is 0 Å². The minimum atomic E-state index is -1.19. The van der Waals surface area contributed by atoms with Gasteiger partial charge >= 0.3 is 5.97 Å². The zero-order valence-corrected chi connectivity index (χ0v) is 12.3. The predicted octanol–water partition coefficient (Wildman–Crippen LogP) is 3.15. The second-order valence-corrected chi connectivity index (χ2v) is 6.10. The summed E-state index contributed by atoms with van der Waals surface area (Å²) in [5.41, 5.74) is 6.16. The van der Waals surface area contributed by atoms with E-state index in [0.29, 0.717) is 10.6 Å². The Morgan fingerprint density at radius 1 is 1.60 bits per heavy atom. The molecular weight excluding hydrogens is 299 g/mol. The largest absolute Gasteiger partial charge is 0.480 e. The molecule has 0 bridgehead atoms. The first-order valence-corrected chi connectivity index (χ1v) is 7.76. The van der Waals surface area contributed by atoms with E-state index in [1.165, 1.54) is 29.2 Å². The molecule has 1 aromatic heterocycles. The lowest BCUT2D eigenvalue weighted by atomic mass is 10.2. The van der Waals surface area contributed by atoms with Crippen LogP contribution in [0.15, 0.2) is 28.5 Å². The molecule has 1 aromatic carbocycles. The molecule has 7 heteroatoms. The molecule has 0 aliphatic rings. The summed E-state index contributed by atoms with van der Waals surface area (Å²) in [4.78, 5) is 15.8. The Morgan fingerprint density at radius 2 is 2.35 bits per heavy atom. The fourth-order valence-electron chi connectivity index (χ4n) is 1.66. The van der Waals surface area contributed by atoms with Crippen LogP contribution in [0, 0.1) is 5.82 Å². The quantitative estimate of drug-likeness (QED) is 0.829. The van der Waals surface area contributed by atoms with E-state index in [-0.39, 0.29) is 11.5 Å². The van der Waals surface area contributed by atoms with Crippen LogP contribution in [0.4, 0.5) is 4.39 Å². The van der Waals surface area contributed by atoms with Crippen LogP contribution in [0.5, 0.6) is 0 Å². The number of halogens is 1. The Morgan fingerprint density at radius 3 is 3.00 bits per heavy atom. The molecule has 2 aromatic rings. The van der Waals surface area contributed by atoms with Gasteiger partial charge in [0.1, 0.15) is 16.9 Å². The monoisotopic (exact) mass is 312 g/mol. The molecule has 0 radical (unpaired) electrons. The molecule has 4 nitrogen and oxygen atoms in total. The number of carboxylic acids is 1. The minimum Gasteiger partial charge on any atom is -0.480 e. The molecule has 0 saturated carbocycles. The summed E-state index contributed by atoms with van der Waals surface area (Å²) >= 11 is 2.71. The number of thioether (sulfide) groups is 1. The summed E-state index contributed by atoms with van der Waals surface area (Å²) in [7, 11) is 0. The smallest absolute Gasteiger partial charge is 0.326 e. The van der Waals surface area contributed by atoms with E-state index in [1.54, 1.807) is 11.4 Å². The van der Waals surface area contributed by atoms with E-state index in [1.807, 2.05) is 13.0 Å². The molecule has 106 valence electrons. The summed E-state index contributed by atoms with van der Waals surface area (Å²) in [6.07, 6.45) is 0. The number of carbonyl (C=O) groups is 1. The number of aromatic nitrogens is 1. The number of benzene rings is 1. The number of hydrogen-bond acceptors (Lipinski definition) is 5. The van der Waals surface area contributed by atoms with E-state index in [4.69, 9.17) is 10.8 Å². The van der Waals surface area contributed by atoms with Crippen LogP contribution in [0.25, 0.3) is 10.6 Å². The lowest BCUT2D eigenvalue weighted by molar-refractivity contribution is -0.138. The van der Waals surface area contributed by atoms with E-state index < -0.39 is 12.0 Å². The number of hydrogen-bond donors (Lipinski definition) is 2. The molecule has 0 spiro atoms. The fraction of sp³-hybridized carbons (Fsp3) is 0.231. The Bertz CT molecular complexity index is 631. The molecule has 1 heterocycles. The molecule has 0 aliphatic heterocycles. The van der Waals surface area contributed by atoms with Gasteiger partial charge in [0, 0.05) is 10.3 Å². The van der Waals surface area contributed by atoms with E-state index in [9.17, 15) is 9.18 Å². The second kappa shape index (κ2) is 6.34. The van der Waals surface area contributed by atoms with Crippen molar-refractivity contribution in [3.63, 3.8) is 0 Å². The fourth-order valence-corrected chi connectivity index (χ4v) is 3.46. The highest BCUT2D eigenvalue weighted by molar-refractivity contribution is 7.99. The van der Waals surface area contributed by atoms with Gasteiger partial charge in [-0.1, -0.05) is 13.0 Å². The molecule has 3 N–H and O–H groups in total. The number of nitrogens with zero attached hydrogens (tertiary/aromatic N) is 1. The van der Waals surface area contributed by atoms with Gasteiger partial charge in [0.05, 0.1) is 11.3 Å². The van der Waals surface area contributed by atoms with Crippen molar-refractivity contribution in [1.82, 2.24) is 4.98 Å². The third kappa shape index (κ3) is 3.00. The lowest BCUT2D eigenvalue weighted by Crippen LogP contribution is -2.20. The Balaban J connectivity index is 2.44. The molecule has 0 amide bonds. The normalized spacial score (nSPS) is 12.3. The zero-order chi connectivity index (χ0) is 14.7. The van der Waals surface area contributed by atoms with Crippen LogP contribution in [0.3, 0.4) is 0 Å². The van der Waals surface area contributed by atoms with Crippen LogP contribution >= 0.6 is 23.1 Å². The van der Waals surface area contributed by atoms with Crippen molar-refractivity contribution < 1.29 is 14.3 Å². The number of nitrogens with two attached hydrogens (primary N) is 1. The average molecular weight is 312 g/mol.